The summed E-state index contributed by atoms with van der Waals surface area (Å²) in [7, 11) is -3.95. The highest BCUT2D eigenvalue weighted by molar-refractivity contribution is 7.92. The maximum absolute atomic E-state index is 12.6. The lowest BCUT2D eigenvalue weighted by atomic mass is 10.2. The van der Waals surface area contributed by atoms with Gasteiger partial charge in [-0.05, 0) is 42.5 Å². The summed E-state index contributed by atoms with van der Waals surface area (Å²) in [6.45, 7) is 0. The van der Waals surface area contributed by atoms with Crippen molar-refractivity contribution in [3.05, 3.63) is 92.5 Å². The summed E-state index contributed by atoms with van der Waals surface area (Å²) in [5.74, 6) is -0.571. The van der Waals surface area contributed by atoms with Crippen LogP contribution in [-0.4, -0.2) is 19.2 Å². The average Bonchev–Trinajstić information content (AvgIpc) is 2.72. The molecular weight excluding hydrogens is 453 g/mol. The van der Waals surface area contributed by atoms with E-state index in [0.717, 1.165) is 6.07 Å². The number of non-ortho nitro benzene ring substituents is 1. The Hall–Kier alpha value is -3.14. The Balaban J connectivity index is 1.76. The van der Waals surface area contributed by atoms with Crippen LogP contribution in [0.15, 0.2) is 71.6 Å². The van der Waals surface area contributed by atoms with Crippen LogP contribution in [0, 0.1) is 10.1 Å². The SMILES string of the molecule is O=C(Nc1ccc(S(=O)(=O)Nc2cccc(Cl)c2Cl)cc1)c1cccc([N+](=O)[O-])c1. The third-order valence-corrected chi connectivity index (χ3v) is 6.14. The van der Waals surface area contributed by atoms with Gasteiger partial charge in [-0.3, -0.25) is 19.6 Å². The fourth-order valence-corrected chi connectivity index (χ4v) is 3.94. The number of nitrogens with zero attached hydrogens (tertiary/aromatic N) is 1. The van der Waals surface area contributed by atoms with Crippen LogP contribution < -0.4 is 10.0 Å². The van der Waals surface area contributed by atoms with Crippen molar-refractivity contribution in [1.82, 2.24) is 0 Å². The zero-order chi connectivity index (χ0) is 21.9. The highest BCUT2D eigenvalue weighted by Crippen LogP contribution is 2.31. The van der Waals surface area contributed by atoms with Crippen molar-refractivity contribution < 1.29 is 18.1 Å². The third-order valence-electron chi connectivity index (χ3n) is 3.94. The van der Waals surface area contributed by atoms with E-state index in [4.69, 9.17) is 23.2 Å². The topological polar surface area (TPSA) is 118 Å². The molecule has 8 nitrogen and oxygen atoms in total. The highest BCUT2D eigenvalue weighted by atomic mass is 35.5. The lowest BCUT2D eigenvalue weighted by Gasteiger charge is -2.11. The Morgan fingerprint density at radius 2 is 1.63 bits per heavy atom. The molecule has 0 aliphatic rings. The van der Waals surface area contributed by atoms with E-state index in [2.05, 4.69) is 10.0 Å². The van der Waals surface area contributed by atoms with Gasteiger partial charge in [0, 0.05) is 23.4 Å². The van der Waals surface area contributed by atoms with Gasteiger partial charge >= 0.3 is 0 Å². The normalized spacial score (nSPS) is 11.0. The zero-order valence-corrected chi connectivity index (χ0v) is 17.3. The second-order valence-corrected chi connectivity index (χ2v) is 8.46. The summed E-state index contributed by atoms with van der Waals surface area (Å²) in [5.41, 5.74) is 0.325. The molecule has 0 aliphatic carbocycles. The standard InChI is InChI=1S/C19H13Cl2N3O5S/c20-16-5-2-6-17(18(16)21)23-30(28,29)15-9-7-13(8-10-15)22-19(25)12-3-1-4-14(11-12)24(26)27/h1-11,23H,(H,22,25). The summed E-state index contributed by atoms with van der Waals surface area (Å²) >= 11 is 11.9. The highest BCUT2D eigenvalue weighted by Gasteiger charge is 2.17. The number of rotatable bonds is 6. The van der Waals surface area contributed by atoms with Gasteiger partial charge in [0.05, 0.1) is 25.6 Å². The number of hydrogen-bond acceptors (Lipinski definition) is 5. The Bertz CT molecular complexity index is 1230. The second kappa shape index (κ2) is 8.70. The predicted molar refractivity (Wildman–Crippen MR) is 115 cm³/mol. The van der Waals surface area contributed by atoms with Crippen molar-refractivity contribution in [2.45, 2.75) is 4.90 Å². The first-order valence-corrected chi connectivity index (χ1v) is 10.5. The first kappa shape index (κ1) is 21.6. The van der Waals surface area contributed by atoms with Crippen molar-refractivity contribution in [2.24, 2.45) is 0 Å². The summed E-state index contributed by atoms with van der Waals surface area (Å²) in [6, 6.07) is 15.2. The molecule has 0 radical (unpaired) electrons. The van der Waals surface area contributed by atoms with Crippen LogP contribution in [0.3, 0.4) is 0 Å². The van der Waals surface area contributed by atoms with E-state index < -0.39 is 20.9 Å². The molecule has 11 heteroatoms. The van der Waals surface area contributed by atoms with E-state index in [1.165, 1.54) is 54.6 Å². The van der Waals surface area contributed by atoms with Crippen LogP contribution in [0.5, 0.6) is 0 Å². The van der Waals surface area contributed by atoms with Gasteiger partial charge in [-0.2, -0.15) is 0 Å². The second-order valence-electron chi connectivity index (χ2n) is 5.99. The molecule has 30 heavy (non-hydrogen) atoms. The minimum Gasteiger partial charge on any atom is -0.322 e. The molecule has 0 atom stereocenters. The molecule has 0 heterocycles. The van der Waals surface area contributed by atoms with Gasteiger partial charge in [0.1, 0.15) is 0 Å². The third kappa shape index (κ3) is 4.88. The van der Waals surface area contributed by atoms with Gasteiger partial charge in [0.25, 0.3) is 21.6 Å². The zero-order valence-electron chi connectivity index (χ0n) is 15.0. The quantitative estimate of drug-likeness (QED) is 0.394. The number of benzene rings is 3. The van der Waals surface area contributed by atoms with Crippen molar-refractivity contribution in [3.8, 4) is 0 Å². The number of nitro groups is 1. The van der Waals surface area contributed by atoms with E-state index >= 15 is 0 Å². The van der Waals surface area contributed by atoms with Gasteiger partial charge in [-0.1, -0.05) is 35.3 Å². The molecular formula is C19H13Cl2N3O5S. The van der Waals surface area contributed by atoms with Crippen molar-refractivity contribution in [3.63, 3.8) is 0 Å². The van der Waals surface area contributed by atoms with Crippen LogP contribution in [0.4, 0.5) is 17.1 Å². The molecule has 2 N–H and O–H groups in total. The number of hydrogen-bond donors (Lipinski definition) is 2. The minimum absolute atomic E-state index is 0.0631. The Kier molecular flexibility index (Phi) is 6.25. The first-order chi connectivity index (χ1) is 14.2. The number of halogens is 2. The number of nitrogens with one attached hydrogen (secondary N) is 2. The lowest BCUT2D eigenvalue weighted by Crippen LogP contribution is -2.14. The van der Waals surface area contributed by atoms with E-state index in [1.807, 2.05) is 0 Å². The maximum atomic E-state index is 12.6. The molecule has 0 spiro atoms. The predicted octanol–water partition coefficient (Wildman–Crippen LogP) is 4.95. The van der Waals surface area contributed by atoms with Crippen molar-refractivity contribution in [1.29, 1.82) is 0 Å². The average molecular weight is 466 g/mol. The van der Waals surface area contributed by atoms with Crippen molar-refractivity contribution >= 4 is 56.2 Å². The van der Waals surface area contributed by atoms with Gasteiger partial charge in [0.15, 0.2) is 0 Å². The lowest BCUT2D eigenvalue weighted by molar-refractivity contribution is -0.384. The first-order valence-electron chi connectivity index (χ1n) is 8.30. The van der Waals surface area contributed by atoms with Crippen LogP contribution in [0.2, 0.25) is 10.0 Å². The number of amides is 1. The van der Waals surface area contributed by atoms with E-state index in [1.54, 1.807) is 6.07 Å². The van der Waals surface area contributed by atoms with Gasteiger partial charge in [-0.25, -0.2) is 8.42 Å². The number of anilines is 2. The Morgan fingerprint density at radius 1 is 0.967 bits per heavy atom. The number of nitro benzene ring substituents is 1. The van der Waals surface area contributed by atoms with Gasteiger partial charge in [-0.15, -0.1) is 0 Å². The van der Waals surface area contributed by atoms with Crippen LogP contribution >= 0.6 is 23.2 Å². The van der Waals surface area contributed by atoms with Crippen molar-refractivity contribution in [2.75, 3.05) is 10.0 Å². The molecule has 154 valence electrons. The minimum atomic E-state index is -3.95. The number of sulfonamides is 1. The van der Waals surface area contributed by atoms with E-state index in [0.29, 0.717) is 5.69 Å². The molecule has 3 rings (SSSR count). The fourth-order valence-electron chi connectivity index (χ4n) is 2.47. The van der Waals surface area contributed by atoms with Crippen LogP contribution in [0.25, 0.3) is 0 Å². The van der Waals surface area contributed by atoms with E-state index in [-0.39, 0.29) is 31.9 Å². The molecule has 0 unspecified atom stereocenters. The molecule has 0 aromatic heterocycles. The van der Waals surface area contributed by atoms with Crippen LogP contribution in [0.1, 0.15) is 10.4 Å². The van der Waals surface area contributed by atoms with E-state index in [9.17, 15) is 23.3 Å². The largest absolute Gasteiger partial charge is 0.322 e. The smallest absolute Gasteiger partial charge is 0.270 e. The monoisotopic (exact) mass is 465 g/mol. The molecule has 0 saturated heterocycles. The fraction of sp³-hybridized carbons (Fsp3) is 0. The molecule has 0 saturated carbocycles. The Labute approximate surface area is 181 Å². The number of carbonyl (C=O) groups excluding carboxylic acids is 1. The summed E-state index contributed by atoms with van der Waals surface area (Å²) < 4.78 is 27.5. The molecule has 3 aromatic rings. The summed E-state index contributed by atoms with van der Waals surface area (Å²) in [5, 5.41) is 13.7. The number of carbonyl (C=O) groups is 1. The summed E-state index contributed by atoms with van der Waals surface area (Å²) in [6.07, 6.45) is 0. The van der Waals surface area contributed by atoms with Crippen LogP contribution in [-0.2, 0) is 10.0 Å². The molecule has 0 bridgehead atoms. The summed E-state index contributed by atoms with van der Waals surface area (Å²) in [4.78, 5) is 22.5. The molecule has 0 aliphatic heterocycles. The molecule has 0 fully saturated rings. The van der Waals surface area contributed by atoms with Gasteiger partial charge < -0.3 is 5.32 Å². The van der Waals surface area contributed by atoms with Gasteiger partial charge in [0.2, 0.25) is 0 Å². The maximum Gasteiger partial charge on any atom is 0.270 e. The molecule has 1 amide bonds. The molecule has 3 aromatic carbocycles. The Morgan fingerprint density at radius 3 is 2.30 bits per heavy atom.